The first-order valence-electron chi connectivity index (χ1n) is 3.13. The molecule has 0 amide bonds. The maximum atomic E-state index is 10.1. The predicted octanol–water partition coefficient (Wildman–Crippen LogP) is 1.28. The van der Waals surface area contributed by atoms with Crippen LogP contribution in [0.25, 0.3) is 0 Å². The van der Waals surface area contributed by atoms with Gasteiger partial charge in [-0.2, -0.15) is 18.2 Å². The summed E-state index contributed by atoms with van der Waals surface area (Å²) in [5.41, 5.74) is 0.747. The first-order chi connectivity index (χ1) is 6.20. The first kappa shape index (κ1) is 12.4. The van der Waals surface area contributed by atoms with Crippen LogP contribution in [0.15, 0.2) is 18.2 Å². The first-order valence-corrected chi connectivity index (χ1v) is 4.70. The maximum absolute atomic E-state index is 10.1. The van der Waals surface area contributed by atoms with Crippen molar-refractivity contribution in [3.8, 4) is 5.75 Å². The molecule has 0 saturated heterocycles. The van der Waals surface area contributed by atoms with E-state index in [4.69, 9.17) is 3.67 Å². The minimum atomic E-state index is -2.51. The second-order valence-corrected chi connectivity index (χ2v) is 2.54. The summed E-state index contributed by atoms with van der Waals surface area (Å²) in [7, 11) is -2.51. The van der Waals surface area contributed by atoms with E-state index in [0.29, 0.717) is 0 Å². The molecule has 1 aromatic carbocycles. The Labute approximate surface area is 87.3 Å². The van der Waals surface area contributed by atoms with E-state index < -0.39 is 11.0 Å². The molecule has 0 unspecified atom stereocenters. The molecule has 4 nitrogen and oxygen atoms in total. The monoisotopic (exact) mass is 237 g/mol. The van der Waals surface area contributed by atoms with Crippen molar-refractivity contribution in [1.29, 1.82) is 0 Å². The summed E-state index contributed by atoms with van der Waals surface area (Å²) in [6.07, 6.45) is 0. The molecule has 0 aromatic heterocycles. The summed E-state index contributed by atoms with van der Waals surface area (Å²) in [6, 6.07) is 7.75. The van der Waals surface area contributed by atoms with Gasteiger partial charge in [0.1, 0.15) is 11.0 Å². The summed E-state index contributed by atoms with van der Waals surface area (Å²) < 4.78 is 32.8. The van der Waals surface area contributed by atoms with Gasteiger partial charge in [-0.05, 0) is 5.75 Å². The molecule has 0 aliphatic heterocycles. The van der Waals surface area contributed by atoms with Gasteiger partial charge in [0.25, 0.3) is 0 Å². The summed E-state index contributed by atoms with van der Waals surface area (Å²) in [4.78, 5) is 0. The fourth-order valence-electron chi connectivity index (χ4n) is 0.664. The normalized spacial score (nSPS) is 8.92. The Balaban J connectivity index is 0.000000671. The van der Waals surface area contributed by atoms with Crippen molar-refractivity contribution in [2.45, 2.75) is 6.92 Å². The van der Waals surface area contributed by atoms with E-state index in [-0.39, 0.29) is 5.75 Å². The predicted molar refractivity (Wildman–Crippen MR) is 40.1 cm³/mol. The average molecular weight is 237 g/mol. The van der Waals surface area contributed by atoms with Crippen molar-refractivity contribution in [3.05, 3.63) is 29.8 Å². The molecule has 69 valence electrons. The molecule has 0 heterocycles. The molecule has 0 bridgehead atoms. The number of aryl methyl sites for hydroxylation is 1. The van der Waals surface area contributed by atoms with E-state index in [1.807, 2.05) is 0 Å². The summed E-state index contributed by atoms with van der Waals surface area (Å²) in [6.45, 7) is 1.75. The number of rotatable bonds is 2. The van der Waals surface area contributed by atoms with E-state index in [0.717, 1.165) is 22.9 Å². The van der Waals surface area contributed by atoms with Crippen molar-refractivity contribution in [1.82, 2.24) is 0 Å². The van der Waals surface area contributed by atoms with Crippen LogP contribution in [0.3, 0.4) is 0 Å². The van der Waals surface area contributed by atoms with Gasteiger partial charge < -0.3 is 12.6 Å². The standard InChI is InChI=1S/C7H6O3S.O.V/c1-6-4-2-3-5-7(6)10-11(8)9;;/h2-4H,1H3;;/q-2;;+2. The molecule has 0 aliphatic rings. The Morgan fingerprint density at radius 3 is 2.54 bits per heavy atom. The van der Waals surface area contributed by atoms with Gasteiger partial charge in [-0.25, -0.2) is 0 Å². The molecule has 13 heavy (non-hydrogen) atoms. The van der Waals surface area contributed by atoms with E-state index in [2.05, 4.69) is 10.2 Å². The third-order valence-electron chi connectivity index (χ3n) is 1.17. The van der Waals surface area contributed by atoms with Gasteiger partial charge in [0.05, 0.1) is 0 Å². The molecule has 6 heteroatoms. The van der Waals surface area contributed by atoms with Gasteiger partial charge in [0.2, 0.25) is 0 Å². The number of benzene rings is 1. The fraction of sp³-hybridized carbons (Fsp3) is 0.143. The van der Waals surface area contributed by atoms with E-state index >= 15 is 0 Å². The summed E-state index contributed by atoms with van der Waals surface area (Å²) >= 11 is 1.06. The topological polar surface area (TPSA) is 60.4 Å². The molecule has 0 radical (unpaired) electrons. The number of para-hydroxylation sites is 1. The van der Waals surface area contributed by atoms with Crippen molar-refractivity contribution >= 4 is 11.0 Å². The van der Waals surface area contributed by atoms with E-state index in [1.54, 1.807) is 25.1 Å². The fourth-order valence-corrected chi connectivity index (χ4v) is 0.979. The summed E-state index contributed by atoms with van der Waals surface area (Å²) in [5.74, 6) is 0.251. The molecule has 0 spiro atoms. The molecular formula is C7H6O4SV. The summed E-state index contributed by atoms with van der Waals surface area (Å²) in [5, 5.41) is 0. The molecule has 0 saturated carbocycles. The van der Waals surface area contributed by atoms with Gasteiger partial charge in [-0.1, -0.05) is 6.92 Å². The van der Waals surface area contributed by atoms with Gasteiger partial charge in [-0.3, -0.25) is 0 Å². The Kier molecular flexibility index (Phi) is 6.49. The van der Waals surface area contributed by atoms with Crippen LogP contribution in [0.5, 0.6) is 5.75 Å². The Morgan fingerprint density at radius 1 is 1.46 bits per heavy atom. The zero-order valence-corrected chi connectivity index (χ0v) is 8.93. The van der Waals surface area contributed by atoms with Crippen molar-refractivity contribution in [2.24, 2.45) is 0 Å². The van der Waals surface area contributed by atoms with Gasteiger partial charge in [-0.15, -0.1) is 11.6 Å². The van der Waals surface area contributed by atoms with E-state index in [9.17, 15) is 8.42 Å². The molecule has 0 atom stereocenters. The molecule has 1 aromatic rings. The van der Waals surface area contributed by atoms with Crippen LogP contribution >= 0.6 is 0 Å². The Hall–Kier alpha value is -0.646. The molecule has 0 N–H and O–H groups in total. The number of hydrogen-bond acceptors (Lipinski definition) is 5. The van der Waals surface area contributed by atoms with Crippen LogP contribution in [0.2, 0.25) is 0 Å². The zero-order chi connectivity index (χ0) is 10.3. The molecule has 0 aliphatic carbocycles. The molecule has 1 rings (SSSR count). The minimum absolute atomic E-state index is 0.251. The SMILES string of the molecule is Cc1ccc[c-]c1O[S-](=O)=O.[O]=[V+2]. The van der Waals surface area contributed by atoms with Crippen LogP contribution in [0.4, 0.5) is 0 Å². The quantitative estimate of drug-likeness (QED) is 0.574. The number of hydrogen-bond donors (Lipinski definition) is 0. The van der Waals surface area contributed by atoms with Crippen LogP contribution in [0.1, 0.15) is 5.56 Å². The second-order valence-electron chi connectivity index (χ2n) is 1.97. The molecule has 0 fully saturated rings. The van der Waals surface area contributed by atoms with Crippen molar-refractivity contribution in [2.75, 3.05) is 0 Å². The third kappa shape index (κ3) is 4.82. The Morgan fingerprint density at radius 2 is 2.08 bits per heavy atom. The van der Waals surface area contributed by atoms with Gasteiger partial charge in [0, 0.05) is 0 Å². The van der Waals surface area contributed by atoms with Gasteiger partial charge in [0.15, 0.2) is 0 Å². The Bertz CT molecular complexity index is 329. The third-order valence-corrected chi connectivity index (χ3v) is 1.47. The zero-order valence-electron chi connectivity index (χ0n) is 6.72. The van der Waals surface area contributed by atoms with E-state index in [1.165, 1.54) is 0 Å². The van der Waals surface area contributed by atoms with Crippen molar-refractivity contribution < 1.29 is 33.6 Å². The van der Waals surface area contributed by atoms with Crippen LogP contribution in [-0.2, 0) is 40.4 Å². The van der Waals surface area contributed by atoms with Crippen LogP contribution in [-0.4, -0.2) is 0 Å². The average Bonchev–Trinajstić information content (AvgIpc) is 2.12. The van der Waals surface area contributed by atoms with Crippen LogP contribution < -0.4 is 4.18 Å². The molecular weight excluding hydrogens is 231 g/mol. The van der Waals surface area contributed by atoms with Crippen molar-refractivity contribution in [3.63, 3.8) is 0 Å². The second kappa shape index (κ2) is 6.83. The van der Waals surface area contributed by atoms with Gasteiger partial charge >= 0.3 is 21.0 Å². The van der Waals surface area contributed by atoms with Crippen LogP contribution in [0, 0.1) is 13.0 Å².